The first kappa shape index (κ1) is 9.00. The van der Waals surface area contributed by atoms with Crippen molar-refractivity contribution >= 4 is 5.91 Å². The predicted molar refractivity (Wildman–Crippen MR) is 55.7 cm³/mol. The van der Waals surface area contributed by atoms with E-state index in [2.05, 4.69) is 11.9 Å². The third kappa shape index (κ3) is 1.69. The van der Waals surface area contributed by atoms with Crippen LogP contribution in [0.25, 0.3) is 0 Å². The second-order valence-electron chi connectivity index (χ2n) is 3.59. The van der Waals surface area contributed by atoms with Gasteiger partial charge in [-0.25, -0.2) is 0 Å². The monoisotopic (exact) mass is 187 g/mol. The molecule has 0 aliphatic carbocycles. The normalized spacial score (nSPS) is 21.9. The Labute approximate surface area is 83.6 Å². The number of rotatable bonds is 1. The quantitative estimate of drug-likeness (QED) is 0.717. The van der Waals surface area contributed by atoms with Crippen molar-refractivity contribution in [2.45, 2.75) is 18.8 Å². The number of allylic oxidation sites excluding steroid dienone is 1. The summed E-state index contributed by atoms with van der Waals surface area (Å²) in [7, 11) is 0. The van der Waals surface area contributed by atoms with Gasteiger partial charge in [-0.3, -0.25) is 4.79 Å². The number of carbonyl (C=O) groups excluding carboxylic acids is 1. The molecule has 0 saturated carbocycles. The molecule has 1 heterocycles. The highest BCUT2D eigenvalue weighted by atomic mass is 16.1. The first-order valence-corrected chi connectivity index (χ1v) is 4.81. The van der Waals surface area contributed by atoms with E-state index in [0.29, 0.717) is 0 Å². The van der Waals surface area contributed by atoms with E-state index in [1.807, 2.05) is 30.3 Å². The third-order valence-corrected chi connectivity index (χ3v) is 2.55. The van der Waals surface area contributed by atoms with Gasteiger partial charge < -0.3 is 5.32 Å². The summed E-state index contributed by atoms with van der Waals surface area (Å²) in [5.41, 5.74) is 1.93. The Morgan fingerprint density at radius 1 is 1.29 bits per heavy atom. The van der Waals surface area contributed by atoms with Gasteiger partial charge in [0.1, 0.15) is 0 Å². The second-order valence-corrected chi connectivity index (χ2v) is 3.59. The summed E-state index contributed by atoms with van der Waals surface area (Å²) in [6, 6.07) is 9.89. The van der Waals surface area contributed by atoms with Gasteiger partial charge in [0.15, 0.2) is 0 Å². The standard InChI is InChI=1S/C12H13NO/c1-9-7-8-11(12(14)13-9)10-5-3-2-4-6-10/h2-6,11H,1,7-8H2,(H,13,14). The summed E-state index contributed by atoms with van der Waals surface area (Å²) in [6.45, 7) is 3.76. The van der Waals surface area contributed by atoms with Crippen LogP contribution in [0.4, 0.5) is 0 Å². The summed E-state index contributed by atoms with van der Waals surface area (Å²) in [5.74, 6) is 0.0779. The van der Waals surface area contributed by atoms with Gasteiger partial charge in [0.2, 0.25) is 5.91 Å². The molecule has 1 aliphatic rings. The average Bonchev–Trinajstić information content (AvgIpc) is 2.19. The van der Waals surface area contributed by atoms with Gasteiger partial charge in [-0.1, -0.05) is 36.9 Å². The van der Waals surface area contributed by atoms with Crippen LogP contribution in [0.3, 0.4) is 0 Å². The van der Waals surface area contributed by atoms with Gasteiger partial charge >= 0.3 is 0 Å². The van der Waals surface area contributed by atoms with Gasteiger partial charge in [-0.05, 0) is 18.4 Å². The molecule has 1 unspecified atom stereocenters. The van der Waals surface area contributed by atoms with Crippen LogP contribution in [-0.4, -0.2) is 5.91 Å². The van der Waals surface area contributed by atoms with Crippen LogP contribution < -0.4 is 5.32 Å². The SMILES string of the molecule is C=C1CCC(c2ccccc2)C(=O)N1. The van der Waals surface area contributed by atoms with Crippen molar-refractivity contribution in [2.24, 2.45) is 0 Å². The van der Waals surface area contributed by atoms with Crippen molar-refractivity contribution in [1.82, 2.24) is 5.32 Å². The molecule has 1 saturated heterocycles. The Morgan fingerprint density at radius 3 is 2.64 bits per heavy atom. The van der Waals surface area contributed by atoms with Gasteiger partial charge in [-0.15, -0.1) is 0 Å². The molecule has 0 spiro atoms. The predicted octanol–water partition coefficient (Wildman–Crippen LogP) is 2.19. The smallest absolute Gasteiger partial charge is 0.231 e. The van der Waals surface area contributed by atoms with Crippen molar-refractivity contribution in [3.63, 3.8) is 0 Å². The molecule has 2 rings (SSSR count). The number of amides is 1. The molecule has 0 aromatic heterocycles. The highest BCUT2D eigenvalue weighted by molar-refractivity contribution is 5.86. The minimum atomic E-state index is 0.00157. The van der Waals surface area contributed by atoms with Crippen LogP contribution in [0, 0.1) is 0 Å². The summed E-state index contributed by atoms with van der Waals surface area (Å²) in [4.78, 5) is 11.6. The van der Waals surface area contributed by atoms with Crippen molar-refractivity contribution in [2.75, 3.05) is 0 Å². The van der Waals surface area contributed by atoms with E-state index in [-0.39, 0.29) is 11.8 Å². The minimum absolute atomic E-state index is 0.00157. The third-order valence-electron chi connectivity index (χ3n) is 2.55. The van der Waals surface area contributed by atoms with Crippen LogP contribution in [0.1, 0.15) is 24.3 Å². The molecule has 1 aromatic carbocycles. The van der Waals surface area contributed by atoms with Gasteiger partial charge in [0.05, 0.1) is 5.92 Å². The first-order chi connectivity index (χ1) is 6.77. The van der Waals surface area contributed by atoms with Crippen LogP contribution in [-0.2, 0) is 4.79 Å². The lowest BCUT2D eigenvalue weighted by Gasteiger charge is -2.23. The summed E-state index contributed by atoms with van der Waals surface area (Å²) < 4.78 is 0. The van der Waals surface area contributed by atoms with E-state index < -0.39 is 0 Å². The largest absolute Gasteiger partial charge is 0.330 e. The molecule has 1 amide bonds. The van der Waals surface area contributed by atoms with Crippen LogP contribution in [0.15, 0.2) is 42.6 Å². The van der Waals surface area contributed by atoms with Crippen molar-refractivity contribution in [1.29, 1.82) is 0 Å². The Bertz CT molecular complexity index is 356. The number of benzene rings is 1. The molecule has 1 atom stereocenters. The Balaban J connectivity index is 2.20. The van der Waals surface area contributed by atoms with E-state index in [9.17, 15) is 4.79 Å². The summed E-state index contributed by atoms with van der Waals surface area (Å²) in [5, 5.41) is 2.79. The molecule has 1 aromatic rings. The fraction of sp³-hybridized carbons (Fsp3) is 0.250. The van der Waals surface area contributed by atoms with Crippen LogP contribution in [0.5, 0.6) is 0 Å². The van der Waals surface area contributed by atoms with E-state index >= 15 is 0 Å². The maximum atomic E-state index is 11.6. The van der Waals surface area contributed by atoms with Crippen molar-refractivity contribution in [3.8, 4) is 0 Å². The van der Waals surface area contributed by atoms with Gasteiger partial charge in [-0.2, -0.15) is 0 Å². The fourth-order valence-electron chi connectivity index (χ4n) is 1.78. The lowest BCUT2D eigenvalue weighted by Crippen LogP contribution is -2.33. The lowest BCUT2D eigenvalue weighted by atomic mass is 9.90. The Morgan fingerprint density at radius 2 is 2.00 bits per heavy atom. The minimum Gasteiger partial charge on any atom is -0.330 e. The molecular formula is C12H13NO. The topological polar surface area (TPSA) is 29.1 Å². The van der Waals surface area contributed by atoms with Crippen LogP contribution >= 0.6 is 0 Å². The maximum absolute atomic E-state index is 11.6. The maximum Gasteiger partial charge on any atom is 0.231 e. The highest BCUT2D eigenvalue weighted by Crippen LogP contribution is 2.26. The molecule has 0 radical (unpaired) electrons. The van der Waals surface area contributed by atoms with Crippen LogP contribution in [0.2, 0.25) is 0 Å². The number of carbonyl (C=O) groups is 1. The second kappa shape index (κ2) is 3.66. The molecule has 2 nitrogen and oxygen atoms in total. The molecule has 1 fully saturated rings. The van der Waals surface area contributed by atoms with E-state index in [4.69, 9.17) is 0 Å². The highest BCUT2D eigenvalue weighted by Gasteiger charge is 2.24. The van der Waals surface area contributed by atoms with E-state index in [1.54, 1.807) is 0 Å². The average molecular weight is 187 g/mol. The first-order valence-electron chi connectivity index (χ1n) is 4.81. The zero-order valence-corrected chi connectivity index (χ0v) is 7.99. The summed E-state index contributed by atoms with van der Waals surface area (Å²) in [6.07, 6.45) is 1.75. The Hall–Kier alpha value is -1.57. The van der Waals surface area contributed by atoms with Gasteiger partial charge in [0, 0.05) is 5.70 Å². The molecule has 2 heteroatoms. The number of hydrogen-bond acceptors (Lipinski definition) is 1. The fourth-order valence-corrected chi connectivity index (χ4v) is 1.78. The number of piperidine rings is 1. The van der Waals surface area contributed by atoms with Crippen molar-refractivity contribution in [3.05, 3.63) is 48.2 Å². The molecule has 1 N–H and O–H groups in total. The molecular weight excluding hydrogens is 174 g/mol. The summed E-state index contributed by atoms with van der Waals surface area (Å²) >= 11 is 0. The molecule has 72 valence electrons. The zero-order chi connectivity index (χ0) is 9.97. The van der Waals surface area contributed by atoms with Gasteiger partial charge in [0.25, 0.3) is 0 Å². The number of hydrogen-bond donors (Lipinski definition) is 1. The molecule has 1 aliphatic heterocycles. The zero-order valence-electron chi connectivity index (χ0n) is 7.99. The molecule has 14 heavy (non-hydrogen) atoms. The van der Waals surface area contributed by atoms with E-state index in [0.717, 1.165) is 24.1 Å². The lowest BCUT2D eigenvalue weighted by molar-refractivity contribution is -0.122. The Kier molecular flexibility index (Phi) is 2.35. The molecule has 0 bridgehead atoms. The number of nitrogens with one attached hydrogen (secondary N) is 1. The van der Waals surface area contributed by atoms with Crippen molar-refractivity contribution < 1.29 is 4.79 Å². The van der Waals surface area contributed by atoms with E-state index in [1.165, 1.54) is 0 Å².